The molecule has 3 aromatic carbocycles. The van der Waals surface area contributed by atoms with Crippen LogP contribution in [0, 0.1) is 0 Å². The van der Waals surface area contributed by atoms with Crippen molar-refractivity contribution in [2.45, 2.75) is 37.3 Å². The quantitative estimate of drug-likeness (QED) is 0.468. The third-order valence-corrected chi connectivity index (χ3v) is 7.20. The number of methoxy groups -OCH3 is 3. The molecule has 0 radical (unpaired) electrons. The average molecular weight is 501 g/mol. The Labute approximate surface area is 217 Å². The molecule has 7 heteroatoms. The lowest BCUT2D eigenvalue weighted by atomic mass is 9.79. The van der Waals surface area contributed by atoms with Crippen LogP contribution in [0.15, 0.2) is 66.7 Å². The number of rotatable bonds is 9. The number of nitrogens with one attached hydrogen (secondary N) is 1. The Morgan fingerprint density at radius 2 is 1.70 bits per heavy atom. The summed E-state index contributed by atoms with van der Waals surface area (Å²) in [5, 5.41) is 3.15. The van der Waals surface area contributed by atoms with Gasteiger partial charge in [-0.2, -0.15) is 0 Å². The molecule has 2 aliphatic rings. The number of fused-ring (bicyclic) bond motifs is 1. The second-order valence-electron chi connectivity index (χ2n) is 9.46. The average Bonchev–Trinajstić information content (AvgIpc) is 3.78. The van der Waals surface area contributed by atoms with Crippen LogP contribution in [0.25, 0.3) is 0 Å². The molecule has 37 heavy (non-hydrogen) atoms. The first-order valence-corrected chi connectivity index (χ1v) is 12.6. The van der Waals surface area contributed by atoms with E-state index in [2.05, 4.69) is 5.32 Å². The van der Waals surface area contributed by atoms with Crippen molar-refractivity contribution in [1.82, 2.24) is 10.2 Å². The third kappa shape index (κ3) is 4.86. The van der Waals surface area contributed by atoms with Crippen molar-refractivity contribution < 1.29 is 23.8 Å². The van der Waals surface area contributed by atoms with Crippen molar-refractivity contribution in [3.05, 3.63) is 89.0 Å². The maximum atomic E-state index is 13.9. The highest BCUT2D eigenvalue weighted by Gasteiger charge is 2.49. The Balaban J connectivity index is 1.45. The van der Waals surface area contributed by atoms with Crippen LogP contribution in [0.2, 0.25) is 0 Å². The van der Waals surface area contributed by atoms with Gasteiger partial charge in [0.15, 0.2) is 11.5 Å². The Hall–Kier alpha value is -4.00. The first-order valence-electron chi connectivity index (χ1n) is 12.6. The van der Waals surface area contributed by atoms with Gasteiger partial charge in [0, 0.05) is 18.2 Å². The lowest BCUT2D eigenvalue weighted by Gasteiger charge is -2.42. The molecule has 5 rings (SSSR count). The van der Waals surface area contributed by atoms with Gasteiger partial charge in [0.1, 0.15) is 5.75 Å². The molecule has 7 nitrogen and oxygen atoms in total. The van der Waals surface area contributed by atoms with E-state index < -0.39 is 12.0 Å². The molecule has 0 spiro atoms. The maximum Gasteiger partial charge on any atom is 0.254 e. The van der Waals surface area contributed by atoms with Crippen molar-refractivity contribution in [2.24, 2.45) is 0 Å². The second-order valence-corrected chi connectivity index (χ2v) is 9.46. The number of ether oxygens (including phenoxy) is 3. The van der Waals surface area contributed by atoms with Gasteiger partial charge in [-0.1, -0.05) is 36.4 Å². The van der Waals surface area contributed by atoms with Crippen LogP contribution in [0.5, 0.6) is 17.2 Å². The fraction of sp³-hybridized carbons (Fsp3) is 0.333. The van der Waals surface area contributed by atoms with Crippen LogP contribution in [0.1, 0.15) is 51.8 Å². The van der Waals surface area contributed by atoms with Crippen molar-refractivity contribution in [3.63, 3.8) is 0 Å². The summed E-state index contributed by atoms with van der Waals surface area (Å²) in [5.74, 6) is 1.38. The van der Waals surface area contributed by atoms with Crippen LogP contribution in [-0.4, -0.2) is 50.6 Å². The number of benzene rings is 3. The highest BCUT2D eigenvalue weighted by Crippen LogP contribution is 2.48. The molecule has 0 saturated heterocycles. The van der Waals surface area contributed by atoms with Gasteiger partial charge in [0.25, 0.3) is 5.91 Å². The Morgan fingerprint density at radius 1 is 0.919 bits per heavy atom. The van der Waals surface area contributed by atoms with Crippen molar-refractivity contribution in [1.29, 1.82) is 0 Å². The summed E-state index contributed by atoms with van der Waals surface area (Å²) < 4.78 is 16.2. The van der Waals surface area contributed by atoms with Gasteiger partial charge in [0.05, 0.1) is 33.3 Å². The SMILES string of the molecule is COc1cccc(C2C(C(=O)NCCc3ccc(OC)c(OC)c3)c3ccccc3C(=O)N2C2CC2)c1. The number of hydrogen-bond acceptors (Lipinski definition) is 5. The summed E-state index contributed by atoms with van der Waals surface area (Å²) in [6.07, 6.45) is 2.53. The minimum atomic E-state index is -0.535. The molecule has 2 atom stereocenters. The van der Waals surface area contributed by atoms with Crippen molar-refractivity contribution in [2.75, 3.05) is 27.9 Å². The molecule has 1 aliphatic carbocycles. The molecule has 2 unspecified atom stereocenters. The monoisotopic (exact) mass is 500 g/mol. The molecule has 0 bridgehead atoms. The molecule has 0 aromatic heterocycles. The summed E-state index contributed by atoms with van der Waals surface area (Å²) in [4.78, 5) is 29.5. The van der Waals surface area contributed by atoms with E-state index in [1.807, 2.05) is 71.6 Å². The lowest BCUT2D eigenvalue weighted by molar-refractivity contribution is -0.124. The normalized spacial score (nSPS) is 18.7. The molecular formula is C30H32N2O5. The molecule has 1 fully saturated rings. The number of nitrogens with zero attached hydrogens (tertiary/aromatic N) is 1. The van der Waals surface area contributed by atoms with Crippen LogP contribution < -0.4 is 19.5 Å². The molecule has 192 valence electrons. The Kier molecular flexibility index (Phi) is 7.04. The number of hydrogen-bond donors (Lipinski definition) is 1. The highest BCUT2D eigenvalue weighted by molar-refractivity contribution is 6.01. The summed E-state index contributed by atoms with van der Waals surface area (Å²) >= 11 is 0. The van der Waals surface area contributed by atoms with E-state index in [1.54, 1.807) is 21.3 Å². The van der Waals surface area contributed by atoms with E-state index >= 15 is 0 Å². The van der Waals surface area contributed by atoms with E-state index in [0.717, 1.165) is 29.5 Å². The molecule has 2 amide bonds. The van der Waals surface area contributed by atoms with Gasteiger partial charge in [-0.05, 0) is 66.3 Å². The molecular weight excluding hydrogens is 468 g/mol. The molecule has 1 heterocycles. The molecule has 1 N–H and O–H groups in total. The smallest absolute Gasteiger partial charge is 0.254 e. The highest BCUT2D eigenvalue weighted by atomic mass is 16.5. The fourth-order valence-electron chi connectivity index (χ4n) is 5.24. The minimum absolute atomic E-state index is 0.0136. The van der Waals surface area contributed by atoms with Gasteiger partial charge in [0.2, 0.25) is 5.91 Å². The van der Waals surface area contributed by atoms with Gasteiger partial charge in [-0.15, -0.1) is 0 Å². The first-order chi connectivity index (χ1) is 18.0. The Morgan fingerprint density at radius 3 is 2.43 bits per heavy atom. The first kappa shape index (κ1) is 24.7. The van der Waals surface area contributed by atoms with Gasteiger partial charge in [-0.25, -0.2) is 0 Å². The maximum absolute atomic E-state index is 13.9. The topological polar surface area (TPSA) is 77.1 Å². The molecule has 1 saturated carbocycles. The van der Waals surface area contributed by atoms with Gasteiger partial charge >= 0.3 is 0 Å². The van der Waals surface area contributed by atoms with Crippen LogP contribution in [-0.2, 0) is 11.2 Å². The largest absolute Gasteiger partial charge is 0.497 e. The zero-order valence-electron chi connectivity index (χ0n) is 21.4. The summed E-state index contributed by atoms with van der Waals surface area (Å²) in [5.41, 5.74) is 3.30. The zero-order chi connectivity index (χ0) is 25.9. The van der Waals surface area contributed by atoms with E-state index in [4.69, 9.17) is 14.2 Å². The predicted molar refractivity (Wildman–Crippen MR) is 140 cm³/mol. The van der Waals surface area contributed by atoms with Gasteiger partial charge < -0.3 is 24.4 Å². The fourth-order valence-corrected chi connectivity index (χ4v) is 5.24. The minimum Gasteiger partial charge on any atom is -0.497 e. The predicted octanol–water partition coefficient (Wildman–Crippen LogP) is 4.51. The third-order valence-electron chi connectivity index (χ3n) is 7.20. The van der Waals surface area contributed by atoms with E-state index in [-0.39, 0.29) is 17.9 Å². The van der Waals surface area contributed by atoms with Crippen molar-refractivity contribution in [3.8, 4) is 17.2 Å². The Bertz CT molecular complexity index is 1300. The standard InChI is InChI=1S/C30H32N2O5/c1-35-22-8-6-7-20(18-22)28-27(23-9-4-5-10-24(23)30(34)32(28)21-12-13-21)29(33)31-16-15-19-11-14-25(36-2)26(17-19)37-3/h4-11,14,17-18,21,27-28H,12-13,15-16H2,1-3H3,(H,31,33). The molecule has 1 aliphatic heterocycles. The number of carbonyl (C=O) groups excluding carboxylic acids is 2. The lowest BCUT2D eigenvalue weighted by Crippen LogP contribution is -2.48. The van der Waals surface area contributed by atoms with E-state index in [1.165, 1.54) is 0 Å². The zero-order valence-corrected chi connectivity index (χ0v) is 21.4. The van der Waals surface area contributed by atoms with E-state index in [9.17, 15) is 9.59 Å². The van der Waals surface area contributed by atoms with Crippen molar-refractivity contribution >= 4 is 11.8 Å². The summed E-state index contributed by atoms with van der Waals surface area (Å²) in [6.45, 7) is 0.454. The number of carbonyl (C=O) groups is 2. The second kappa shape index (κ2) is 10.5. The van der Waals surface area contributed by atoms with Crippen LogP contribution >= 0.6 is 0 Å². The van der Waals surface area contributed by atoms with Crippen LogP contribution in [0.3, 0.4) is 0 Å². The molecule has 3 aromatic rings. The van der Waals surface area contributed by atoms with Gasteiger partial charge in [-0.3, -0.25) is 9.59 Å². The summed E-state index contributed by atoms with van der Waals surface area (Å²) in [7, 11) is 4.83. The van der Waals surface area contributed by atoms with E-state index in [0.29, 0.717) is 35.8 Å². The van der Waals surface area contributed by atoms with Crippen LogP contribution in [0.4, 0.5) is 0 Å². The summed E-state index contributed by atoms with van der Waals surface area (Å²) in [6, 6.07) is 20.7. The number of amides is 2.